The third kappa shape index (κ3) is 3.90. The first kappa shape index (κ1) is 17.8. The molecule has 2 aliphatic rings. The molecule has 0 aromatic heterocycles. The summed E-state index contributed by atoms with van der Waals surface area (Å²) in [7, 11) is 0. The van der Waals surface area contributed by atoms with Crippen molar-refractivity contribution in [2.45, 2.75) is 25.8 Å². The molecule has 1 unspecified atom stereocenters. The van der Waals surface area contributed by atoms with Crippen LogP contribution < -0.4 is 24.3 Å². The van der Waals surface area contributed by atoms with E-state index >= 15 is 0 Å². The van der Waals surface area contributed by atoms with Crippen molar-refractivity contribution in [3.8, 4) is 23.0 Å². The van der Waals surface area contributed by atoms with Crippen molar-refractivity contribution in [2.75, 3.05) is 20.0 Å². The number of carbonyl (C=O) groups excluding carboxylic acids is 1. The number of hydrogen-bond donors (Lipinski definition) is 1. The van der Waals surface area contributed by atoms with Crippen LogP contribution in [0.4, 0.5) is 0 Å². The minimum atomic E-state index is -0.164. The quantitative estimate of drug-likeness (QED) is 0.864. The van der Waals surface area contributed by atoms with Crippen molar-refractivity contribution >= 4 is 17.5 Å². The predicted molar refractivity (Wildman–Crippen MR) is 99.9 cm³/mol. The molecule has 7 heteroatoms. The van der Waals surface area contributed by atoms with Crippen LogP contribution in [0.15, 0.2) is 30.3 Å². The van der Waals surface area contributed by atoms with E-state index in [-0.39, 0.29) is 25.2 Å². The van der Waals surface area contributed by atoms with Gasteiger partial charge in [-0.2, -0.15) is 0 Å². The average molecular weight is 390 g/mol. The highest BCUT2D eigenvalue weighted by molar-refractivity contribution is 6.32. The van der Waals surface area contributed by atoms with E-state index in [1.165, 1.54) is 0 Å². The number of fused-ring (bicyclic) bond motifs is 2. The molecule has 27 heavy (non-hydrogen) atoms. The molecule has 0 radical (unpaired) electrons. The zero-order valence-corrected chi connectivity index (χ0v) is 15.7. The van der Waals surface area contributed by atoms with E-state index < -0.39 is 0 Å². The van der Waals surface area contributed by atoms with E-state index in [2.05, 4.69) is 5.32 Å². The average Bonchev–Trinajstić information content (AvgIpc) is 2.98. The largest absolute Gasteiger partial charge is 0.489 e. The topological polar surface area (TPSA) is 66.0 Å². The summed E-state index contributed by atoms with van der Waals surface area (Å²) in [5.74, 6) is 2.45. The summed E-state index contributed by atoms with van der Waals surface area (Å²) in [5, 5.41) is 3.46. The zero-order valence-electron chi connectivity index (χ0n) is 14.9. The summed E-state index contributed by atoms with van der Waals surface area (Å²) in [6, 6.07) is 9.06. The van der Waals surface area contributed by atoms with Gasteiger partial charge in [-0.1, -0.05) is 17.7 Å². The Labute approximate surface area is 162 Å². The lowest BCUT2D eigenvalue weighted by atomic mass is 10.1. The van der Waals surface area contributed by atoms with E-state index in [9.17, 15) is 4.79 Å². The lowest BCUT2D eigenvalue weighted by molar-refractivity contribution is -0.121. The number of benzene rings is 2. The van der Waals surface area contributed by atoms with Crippen LogP contribution in [0.3, 0.4) is 0 Å². The minimum Gasteiger partial charge on any atom is -0.489 e. The molecule has 4 rings (SSSR count). The summed E-state index contributed by atoms with van der Waals surface area (Å²) < 4.78 is 22.0. The maximum atomic E-state index is 12.5. The van der Waals surface area contributed by atoms with Crippen molar-refractivity contribution in [3.63, 3.8) is 0 Å². The molecule has 0 fully saturated rings. The van der Waals surface area contributed by atoms with E-state index in [1.807, 2.05) is 31.2 Å². The molecule has 1 atom stereocenters. The standard InChI is InChI=1S/C20H20ClNO5/c1-12(14-3-4-16-17(10-14)27-11-26-16)22-19(23)9-13-7-15(21)20-18(8-13)24-5-2-6-25-20/h3-4,7-8,10,12H,2,5-6,9,11H2,1H3,(H,22,23). The molecule has 0 saturated carbocycles. The van der Waals surface area contributed by atoms with Crippen molar-refractivity contribution in [1.29, 1.82) is 0 Å². The van der Waals surface area contributed by atoms with E-state index in [4.69, 9.17) is 30.5 Å². The molecule has 1 N–H and O–H groups in total. The molecule has 2 aliphatic heterocycles. The van der Waals surface area contributed by atoms with Crippen molar-refractivity contribution in [2.24, 2.45) is 0 Å². The summed E-state index contributed by atoms with van der Waals surface area (Å²) in [4.78, 5) is 12.5. The summed E-state index contributed by atoms with van der Waals surface area (Å²) >= 11 is 6.30. The number of hydrogen-bond acceptors (Lipinski definition) is 5. The first-order valence-electron chi connectivity index (χ1n) is 8.87. The molecule has 142 valence electrons. The van der Waals surface area contributed by atoms with Crippen molar-refractivity contribution in [1.82, 2.24) is 5.32 Å². The molecule has 2 heterocycles. The summed E-state index contributed by atoms with van der Waals surface area (Å²) in [5.41, 5.74) is 1.73. The van der Waals surface area contributed by atoms with Gasteiger partial charge in [-0.3, -0.25) is 4.79 Å². The second-order valence-electron chi connectivity index (χ2n) is 6.53. The maximum absolute atomic E-state index is 12.5. The van der Waals surface area contributed by atoms with Crippen LogP contribution in [-0.4, -0.2) is 25.9 Å². The molecule has 0 spiro atoms. The Bertz CT molecular complexity index is 870. The van der Waals surface area contributed by atoms with Gasteiger partial charge in [0.2, 0.25) is 12.7 Å². The van der Waals surface area contributed by atoms with E-state index in [1.54, 1.807) is 6.07 Å². The second kappa shape index (κ2) is 7.56. The Kier molecular flexibility index (Phi) is 4.99. The van der Waals surface area contributed by atoms with Crippen LogP contribution in [0.1, 0.15) is 30.5 Å². The number of nitrogens with one attached hydrogen (secondary N) is 1. The van der Waals surface area contributed by atoms with Gasteiger partial charge in [0, 0.05) is 6.42 Å². The Morgan fingerprint density at radius 3 is 2.78 bits per heavy atom. The fourth-order valence-corrected chi connectivity index (χ4v) is 3.42. The lowest BCUT2D eigenvalue weighted by Gasteiger charge is -2.16. The molecule has 6 nitrogen and oxygen atoms in total. The Hall–Kier alpha value is -2.60. The summed E-state index contributed by atoms with van der Waals surface area (Å²) in [6.07, 6.45) is 0.999. The Morgan fingerprint density at radius 1 is 1.07 bits per heavy atom. The van der Waals surface area contributed by atoms with Crippen LogP contribution in [0.5, 0.6) is 23.0 Å². The molecule has 1 amide bonds. The number of rotatable bonds is 4. The zero-order chi connectivity index (χ0) is 18.8. The van der Waals surface area contributed by atoms with E-state index in [0.29, 0.717) is 35.5 Å². The smallest absolute Gasteiger partial charge is 0.231 e. The van der Waals surface area contributed by atoms with Gasteiger partial charge < -0.3 is 24.3 Å². The van der Waals surface area contributed by atoms with Gasteiger partial charge in [-0.25, -0.2) is 0 Å². The van der Waals surface area contributed by atoms with Crippen LogP contribution >= 0.6 is 11.6 Å². The fourth-order valence-electron chi connectivity index (χ4n) is 3.13. The first-order valence-corrected chi connectivity index (χ1v) is 9.25. The molecule has 0 aliphatic carbocycles. The third-order valence-corrected chi connectivity index (χ3v) is 4.78. The monoisotopic (exact) mass is 389 g/mol. The molecule has 2 aromatic carbocycles. The number of carbonyl (C=O) groups is 1. The van der Waals surface area contributed by atoms with Crippen LogP contribution in [0, 0.1) is 0 Å². The number of ether oxygens (including phenoxy) is 4. The fraction of sp³-hybridized carbons (Fsp3) is 0.350. The van der Waals surface area contributed by atoms with Gasteiger partial charge in [-0.05, 0) is 42.3 Å². The second-order valence-corrected chi connectivity index (χ2v) is 6.94. The summed E-state index contributed by atoms with van der Waals surface area (Å²) in [6.45, 7) is 3.29. The Morgan fingerprint density at radius 2 is 1.89 bits per heavy atom. The Balaban J connectivity index is 1.43. The van der Waals surface area contributed by atoms with Crippen molar-refractivity contribution < 1.29 is 23.7 Å². The number of halogens is 1. The molecular formula is C20H20ClNO5. The van der Waals surface area contributed by atoms with Crippen LogP contribution in [0.25, 0.3) is 0 Å². The van der Waals surface area contributed by atoms with Crippen LogP contribution in [0.2, 0.25) is 5.02 Å². The highest BCUT2D eigenvalue weighted by atomic mass is 35.5. The van der Waals surface area contributed by atoms with E-state index in [0.717, 1.165) is 23.3 Å². The van der Waals surface area contributed by atoms with Gasteiger partial charge >= 0.3 is 0 Å². The minimum absolute atomic E-state index is 0.106. The molecular weight excluding hydrogens is 370 g/mol. The first-order chi connectivity index (χ1) is 13.1. The maximum Gasteiger partial charge on any atom is 0.231 e. The number of amides is 1. The highest BCUT2D eigenvalue weighted by Gasteiger charge is 2.19. The lowest BCUT2D eigenvalue weighted by Crippen LogP contribution is -2.28. The third-order valence-electron chi connectivity index (χ3n) is 4.50. The SMILES string of the molecule is CC(NC(=O)Cc1cc(Cl)c2c(c1)OCCCO2)c1ccc2c(c1)OCO2. The van der Waals surface area contributed by atoms with Crippen LogP contribution in [-0.2, 0) is 11.2 Å². The highest BCUT2D eigenvalue weighted by Crippen LogP contribution is 2.38. The molecule has 2 aromatic rings. The van der Waals surface area contributed by atoms with Gasteiger partial charge in [0.25, 0.3) is 0 Å². The van der Waals surface area contributed by atoms with Gasteiger partial charge in [0.1, 0.15) is 0 Å². The van der Waals surface area contributed by atoms with Gasteiger partial charge in [-0.15, -0.1) is 0 Å². The van der Waals surface area contributed by atoms with Gasteiger partial charge in [0.05, 0.1) is 30.7 Å². The normalized spacial score (nSPS) is 15.8. The molecule has 0 bridgehead atoms. The predicted octanol–water partition coefficient (Wildman–Crippen LogP) is 3.65. The van der Waals surface area contributed by atoms with Gasteiger partial charge in [0.15, 0.2) is 23.0 Å². The van der Waals surface area contributed by atoms with Crippen molar-refractivity contribution in [3.05, 3.63) is 46.5 Å². The molecule has 0 saturated heterocycles.